The van der Waals surface area contributed by atoms with Crippen molar-refractivity contribution in [3.8, 4) is 0 Å². The molecule has 4 heteroatoms. The zero-order valence-electron chi connectivity index (χ0n) is 9.23. The van der Waals surface area contributed by atoms with E-state index in [9.17, 15) is 0 Å². The van der Waals surface area contributed by atoms with Gasteiger partial charge in [0.25, 0.3) is 0 Å². The van der Waals surface area contributed by atoms with Gasteiger partial charge in [0.05, 0.1) is 11.2 Å². The van der Waals surface area contributed by atoms with E-state index in [-0.39, 0.29) is 0 Å². The van der Waals surface area contributed by atoms with Gasteiger partial charge < -0.3 is 5.73 Å². The average Bonchev–Trinajstić information content (AvgIpc) is 2.72. The smallest absolute Gasteiger partial charge is 0.137 e. The molecule has 3 aromatic rings. The van der Waals surface area contributed by atoms with Crippen molar-refractivity contribution in [1.29, 1.82) is 0 Å². The summed E-state index contributed by atoms with van der Waals surface area (Å²) >= 11 is 3.59. The molecule has 0 atom stereocenters. The van der Waals surface area contributed by atoms with Crippen LogP contribution in [0.4, 0.5) is 0 Å². The standard InChI is InChI=1S/C13H12BrN3/c14-11-3-1-2-9-4-5-12-16-10(6-7-15)8-17(12)13(9)11/h1-5,8H,6-7,15H2. The van der Waals surface area contributed by atoms with Crippen LogP contribution in [0.15, 0.2) is 41.0 Å². The van der Waals surface area contributed by atoms with Crippen LogP contribution in [-0.4, -0.2) is 15.9 Å². The number of imidazole rings is 1. The summed E-state index contributed by atoms with van der Waals surface area (Å²) in [6, 6.07) is 10.3. The summed E-state index contributed by atoms with van der Waals surface area (Å²) in [6.07, 6.45) is 2.88. The van der Waals surface area contributed by atoms with Crippen LogP contribution in [0, 0.1) is 0 Å². The van der Waals surface area contributed by atoms with Gasteiger partial charge in [-0.1, -0.05) is 12.1 Å². The Bertz CT molecular complexity index is 688. The number of benzene rings is 1. The summed E-state index contributed by atoms with van der Waals surface area (Å²) in [5.74, 6) is 0. The van der Waals surface area contributed by atoms with Gasteiger partial charge in [0.1, 0.15) is 5.65 Å². The number of nitrogens with zero attached hydrogens (tertiary/aromatic N) is 2. The molecule has 86 valence electrons. The van der Waals surface area contributed by atoms with Crippen molar-refractivity contribution in [2.75, 3.05) is 6.54 Å². The molecule has 0 amide bonds. The zero-order valence-corrected chi connectivity index (χ0v) is 10.8. The van der Waals surface area contributed by atoms with Crippen LogP contribution in [0.25, 0.3) is 16.6 Å². The van der Waals surface area contributed by atoms with Crippen molar-refractivity contribution < 1.29 is 0 Å². The number of para-hydroxylation sites is 1. The van der Waals surface area contributed by atoms with Gasteiger partial charge >= 0.3 is 0 Å². The number of pyridine rings is 1. The Morgan fingerprint density at radius 1 is 1.24 bits per heavy atom. The van der Waals surface area contributed by atoms with Crippen molar-refractivity contribution in [3.63, 3.8) is 0 Å². The first kappa shape index (κ1) is 10.7. The van der Waals surface area contributed by atoms with Crippen molar-refractivity contribution >= 4 is 32.5 Å². The molecule has 2 N–H and O–H groups in total. The Morgan fingerprint density at radius 2 is 2.12 bits per heavy atom. The molecule has 0 aliphatic carbocycles. The molecule has 0 spiro atoms. The highest BCUT2D eigenvalue weighted by Crippen LogP contribution is 2.25. The van der Waals surface area contributed by atoms with E-state index >= 15 is 0 Å². The van der Waals surface area contributed by atoms with Crippen molar-refractivity contribution in [2.45, 2.75) is 6.42 Å². The summed E-state index contributed by atoms with van der Waals surface area (Å²) in [6.45, 7) is 0.628. The number of halogens is 1. The van der Waals surface area contributed by atoms with Gasteiger partial charge in [-0.15, -0.1) is 0 Å². The van der Waals surface area contributed by atoms with E-state index in [1.54, 1.807) is 0 Å². The Morgan fingerprint density at radius 3 is 2.94 bits per heavy atom. The fourth-order valence-corrected chi connectivity index (χ4v) is 2.67. The Labute approximate surface area is 107 Å². The zero-order chi connectivity index (χ0) is 11.8. The SMILES string of the molecule is NCCc1cn2c(ccc3cccc(Br)c32)n1. The second-order valence-corrected chi connectivity index (χ2v) is 4.86. The molecule has 0 aliphatic heterocycles. The molecule has 0 saturated heterocycles. The highest BCUT2D eigenvalue weighted by molar-refractivity contribution is 9.10. The van der Waals surface area contributed by atoms with Gasteiger partial charge in [0, 0.05) is 17.1 Å². The third kappa shape index (κ3) is 1.73. The maximum atomic E-state index is 5.57. The Balaban J connectivity index is 2.37. The molecule has 0 unspecified atom stereocenters. The van der Waals surface area contributed by atoms with Gasteiger partial charge in [-0.2, -0.15) is 0 Å². The average molecular weight is 290 g/mol. The van der Waals surface area contributed by atoms with Gasteiger partial charge in [-0.25, -0.2) is 4.98 Å². The van der Waals surface area contributed by atoms with Crippen LogP contribution >= 0.6 is 15.9 Å². The van der Waals surface area contributed by atoms with Crippen molar-refractivity contribution in [2.24, 2.45) is 5.73 Å². The Kier molecular flexibility index (Phi) is 2.61. The lowest BCUT2D eigenvalue weighted by Crippen LogP contribution is -2.02. The second-order valence-electron chi connectivity index (χ2n) is 4.01. The second kappa shape index (κ2) is 4.13. The van der Waals surface area contributed by atoms with Gasteiger partial charge in [0.2, 0.25) is 0 Å². The number of hydrogen-bond donors (Lipinski definition) is 1. The molecule has 0 bridgehead atoms. The molecule has 17 heavy (non-hydrogen) atoms. The van der Waals surface area contributed by atoms with Crippen LogP contribution in [0.5, 0.6) is 0 Å². The molecular weight excluding hydrogens is 278 g/mol. The summed E-state index contributed by atoms with van der Waals surface area (Å²) in [5, 5.41) is 1.20. The van der Waals surface area contributed by atoms with E-state index in [1.807, 2.05) is 18.2 Å². The quantitative estimate of drug-likeness (QED) is 0.788. The lowest BCUT2D eigenvalue weighted by Gasteiger charge is -2.03. The molecule has 3 nitrogen and oxygen atoms in total. The van der Waals surface area contributed by atoms with Gasteiger partial charge in [0.15, 0.2) is 0 Å². The van der Waals surface area contributed by atoms with Gasteiger partial charge in [-0.05, 0) is 46.1 Å². The molecule has 1 aromatic carbocycles. The third-order valence-electron chi connectivity index (χ3n) is 2.85. The largest absolute Gasteiger partial charge is 0.330 e. The number of rotatable bonds is 2. The van der Waals surface area contributed by atoms with E-state index in [0.29, 0.717) is 6.54 Å². The van der Waals surface area contributed by atoms with Crippen LogP contribution < -0.4 is 5.73 Å². The van der Waals surface area contributed by atoms with Crippen molar-refractivity contribution in [1.82, 2.24) is 9.38 Å². The summed E-state index contributed by atoms with van der Waals surface area (Å²) in [4.78, 5) is 4.56. The predicted octanol–water partition coefficient (Wildman–Crippen LogP) is 2.75. The van der Waals surface area contributed by atoms with Crippen LogP contribution in [0.2, 0.25) is 0 Å². The van der Waals surface area contributed by atoms with Crippen LogP contribution in [0.1, 0.15) is 5.69 Å². The first-order valence-electron chi connectivity index (χ1n) is 5.55. The summed E-state index contributed by atoms with van der Waals surface area (Å²) in [5.41, 5.74) is 8.72. The third-order valence-corrected chi connectivity index (χ3v) is 3.49. The first-order chi connectivity index (χ1) is 8.29. The lowest BCUT2D eigenvalue weighted by atomic mass is 10.2. The molecule has 0 saturated carbocycles. The fraction of sp³-hybridized carbons (Fsp3) is 0.154. The first-order valence-corrected chi connectivity index (χ1v) is 6.34. The van der Waals surface area contributed by atoms with Gasteiger partial charge in [-0.3, -0.25) is 4.40 Å². The molecule has 2 aromatic heterocycles. The molecule has 2 heterocycles. The molecule has 3 rings (SSSR count). The fourth-order valence-electron chi connectivity index (χ4n) is 2.10. The Hall–Kier alpha value is -1.39. The minimum absolute atomic E-state index is 0.628. The van der Waals surface area contributed by atoms with Crippen LogP contribution in [0.3, 0.4) is 0 Å². The normalized spacial score (nSPS) is 11.4. The van der Waals surface area contributed by atoms with Crippen molar-refractivity contribution in [3.05, 3.63) is 46.7 Å². The summed E-state index contributed by atoms with van der Waals surface area (Å²) in [7, 11) is 0. The van der Waals surface area contributed by atoms with E-state index in [1.165, 1.54) is 5.39 Å². The van der Waals surface area contributed by atoms with E-state index in [4.69, 9.17) is 5.73 Å². The molecule has 0 aliphatic rings. The number of hydrogen-bond acceptors (Lipinski definition) is 2. The summed E-state index contributed by atoms with van der Waals surface area (Å²) < 4.78 is 3.20. The maximum Gasteiger partial charge on any atom is 0.137 e. The van der Waals surface area contributed by atoms with E-state index < -0.39 is 0 Å². The predicted molar refractivity (Wildman–Crippen MR) is 73.2 cm³/mol. The lowest BCUT2D eigenvalue weighted by molar-refractivity contribution is 0.937. The van der Waals surface area contributed by atoms with E-state index in [0.717, 1.165) is 27.8 Å². The highest BCUT2D eigenvalue weighted by Gasteiger charge is 2.06. The molecule has 0 fully saturated rings. The maximum absolute atomic E-state index is 5.57. The topological polar surface area (TPSA) is 43.3 Å². The highest BCUT2D eigenvalue weighted by atomic mass is 79.9. The molecule has 0 radical (unpaired) electrons. The number of aromatic nitrogens is 2. The molecular formula is C13H12BrN3. The van der Waals surface area contributed by atoms with Crippen LogP contribution in [-0.2, 0) is 6.42 Å². The number of fused-ring (bicyclic) bond motifs is 3. The monoisotopic (exact) mass is 289 g/mol. The van der Waals surface area contributed by atoms with E-state index in [2.05, 4.69) is 43.6 Å². The minimum Gasteiger partial charge on any atom is -0.330 e. The number of nitrogens with two attached hydrogens (primary N) is 1. The minimum atomic E-state index is 0.628.